The van der Waals surface area contributed by atoms with Crippen LogP contribution >= 0.6 is 15.9 Å². The Kier molecular flexibility index (Phi) is 7.48. The quantitative estimate of drug-likeness (QED) is 0.787. The Bertz CT molecular complexity index is 412. The second-order valence-corrected chi connectivity index (χ2v) is 6.49. The molecular formula is C15H26BrN3O. The summed E-state index contributed by atoms with van der Waals surface area (Å²) in [4.78, 5) is 6.73. The molecule has 0 spiro atoms. The van der Waals surface area contributed by atoms with Gasteiger partial charge in [0.2, 0.25) is 0 Å². The van der Waals surface area contributed by atoms with Crippen LogP contribution < -0.4 is 10.2 Å². The molecule has 1 aromatic rings. The van der Waals surface area contributed by atoms with Crippen LogP contribution in [-0.4, -0.2) is 38.3 Å². The van der Waals surface area contributed by atoms with Crippen molar-refractivity contribution in [2.75, 3.05) is 32.2 Å². The Balaban J connectivity index is 2.83. The molecule has 0 aliphatic carbocycles. The van der Waals surface area contributed by atoms with Crippen molar-refractivity contribution in [3.05, 3.63) is 22.3 Å². The van der Waals surface area contributed by atoms with E-state index in [4.69, 9.17) is 4.74 Å². The van der Waals surface area contributed by atoms with E-state index in [1.807, 2.05) is 6.20 Å². The van der Waals surface area contributed by atoms with Gasteiger partial charge < -0.3 is 15.0 Å². The second kappa shape index (κ2) is 8.60. The van der Waals surface area contributed by atoms with Crippen LogP contribution in [0, 0.1) is 5.92 Å². The minimum Gasteiger partial charge on any atom is -0.383 e. The summed E-state index contributed by atoms with van der Waals surface area (Å²) in [6.45, 7) is 9.07. The summed E-state index contributed by atoms with van der Waals surface area (Å²) >= 11 is 3.50. The largest absolute Gasteiger partial charge is 0.383 e. The maximum Gasteiger partial charge on any atom is 0.133 e. The molecule has 0 fully saturated rings. The van der Waals surface area contributed by atoms with Gasteiger partial charge in [-0.1, -0.05) is 13.8 Å². The zero-order chi connectivity index (χ0) is 15.1. The molecule has 1 aromatic heterocycles. The van der Waals surface area contributed by atoms with E-state index in [2.05, 4.69) is 65.0 Å². The standard InChI is InChI=1S/C15H26BrN3O/c1-11(2)7-17-8-13-6-14(16)9-18-15(13)19(4)12(3)10-20-5/h6,9,11-12,17H,7-8,10H2,1-5H3. The molecule has 1 rings (SSSR count). The van der Waals surface area contributed by atoms with Crippen LogP contribution in [0.4, 0.5) is 5.82 Å². The van der Waals surface area contributed by atoms with Crippen molar-refractivity contribution >= 4 is 21.7 Å². The fourth-order valence-corrected chi connectivity index (χ4v) is 2.36. The molecule has 20 heavy (non-hydrogen) atoms. The topological polar surface area (TPSA) is 37.4 Å². The number of anilines is 1. The monoisotopic (exact) mass is 343 g/mol. The smallest absolute Gasteiger partial charge is 0.133 e. The lowest BCUT2D eigenvalue weighted by Gasteiger charge is -2.27. The number of nitrogens with one attached hydrogen (secondary N) is 1. The molecule has 0 aliphatic heterocycles. The van der Waals surface area contributed by atoms with Gasteiger partial charge in [0.1, 0.15) is 5.82 Å². The molecule has 0 amide bonds. The molecule has 0 radical (unpaired) electrons. The van der Waals surface area contributed by atoms with Crippen LogP contribution in [0.1, 0.15) is 26.3 Å². The number of pyridine rings is 1. The number of nitrogens with zero attached hydrogens (tertiary/aromatic N) is 2. The molecule has 1 N–H and O–H groups in total. The number of halogens is 1. The van der Waals surface area contributed by atoms with E-state index < -0.39 is 0 Å². The average Bonchev–Trinajstić information content (AvgIpc) is 2.38. The third kappa shape index (κ3) is 5.38. The Hall–Kier alpha value is -0.650. The third-order valence-electron chi connectivity index (χ3n) is 3.18. The summed E-state index contributed by atoms with van der Waals surface area (Å²) in [5.41, 5.74) is 1.20. The maximum absolute atomic E-state index is 5.23. The van der Waals surface area contributed by atoms with Gasteiger partial charge in [0.25, 0.3) is 0 Å². The number of methoxy groups -OCH3 is 1. The van der Waals surface area contributed by atoms with Gasteiger partial charge in [-0.15, -0.1) is 0 Å². The third-order valence-corrected chi connectivity index (χ3v) is 3.61. The Morgan fingerprint density at radius 1 is 1.40 bits per heavy atom. The highest BCUT2D eigenvalue weighted by Gasteiger charge is 2.15. The minimum atomic E-state index is 0.289. The predicted molar refractivity (Wildman–Crippen MR) is 88.2 cm³/mol. The van der Waals surface area contributed by atoms with Crippen molar-refractivity contribution in [3.8, 4) is 0 Å². The van der Waals surface area contributed by atoms with Gasteiger partial charge >= 0.3 is 0 Å². The summed E-state index contributed by atoms with van der Waals surface area (Å²) in [6.07, 6.45) is 1.84. The first-order chi connectivity index (χ1) is 9.45. The van der Waals surface area contributed by atoms with E-state index in [0.29, 0.717) is 12.5 Å². The first-order valence-corrected chi connectivity index (χ1v) is 7.81. The molecule has 0 saturated heterocycles. The highest BCUT2D eigenvalue weighted by atomic mass is 79.9. The number of rotatable bonds is 8. The van der Waals surface area contributed by atoms with Gasteiger partial charge in [0.05, 0.1) is 12.6 Å². The number of hydrogen-bond acceptors (Lipinski definition) is 4. The lowest BCUT2D eigenvalue weighted by atomic mass is 10.2. The lowest BCUT2D eigenvalue weighted by molar-refractivity contribution is 0.183. The van der Waals surface area contributed by atoms with Gasteiger partial charge in [-0.05, 0) is 41.4 Å². The number of aromatic nitrogens is 1. The van der Waals surface area contributed by atoms with Crippen molar-refractivity contribution in [2.45, 2.75) is 33.4 Å². The van der Waals surface area contributed by atoms with Crippen LogP contribution in [0.25, 0.3) is 0 Å². The summed E-state index contributed by atoms with van der Waals surface area (Å²) in [6, 6.07) is 2.42. The van der Waals surface area contributed by atoms with Crippen molar-refractivity contribution in [3.63, 3.8) is 0 Å². The molecule has 0 aromatic carbocycles. The zero-order valence-electron chi connectivity index (χ0n) is 13.1. The van der Waals surface area contributed by atoms with Crippen molar-refractivity contribution in [2.24, 2.45) is 5.92 Å². The normalized spacial score (nSPS) is 12.8. The number of likely N-dealkylation sites (N-methyl/N-ethyl adjacent to an activating group) is 1. The van der Waals surface area contributed by atoms with E-state index in [9.17, 15) is 0 Å². The average molecular weight is 344 g/mol. The van der Waals surface area contributed by atoms with E-state index >= 15 is 0 Å². The van der Waals surface area contributed by atoms with Crippen molar-refractivity contribution < 1.29 is 4.74 Å². The molecule has 0 saturated carbocycles. The molecule has 0 bridgehead atoms. The number of hydrogen-bond donors (Lipinski definition) is 1. The van der Waals surface area contributed by atoms with Gasteiger partial charge in [-0.2, -0.15) is 0 Å². The fourth-order valence-electron chi connectivity index (χ4n) is 1.98. The number of ether oxygens (including phenoxy) is 1. The maximum atomic E-state index is 5.23. The molecular weight excluding hydrogens is 318 g/mol. The molecule has 1 unspecified atom stereocenters. The first kappa shape index (κ1) is 17.4. The predicted octanol–water partition coefficient (Wildman–Crippen LogP) is 3.06. The molecule has 0 aliphatic rings. The minimum absolute atomic E-state index is 0.289. The van der Waals surface area contributed by atoms with E-state index in [1.54, 1.807) is 7.11 Å². The lowest BCUT2D eigenvalue weighted by Crippen LogP contribution is -2.34. The summed E-state index contributed by atoms with van der Waals surface area (Å²) < 4.78 is 6.24. The summed E-state index contributed by atoms with van der Waals surface area (Å²) in [7, 11) is 3.79. The first-order valence-electron chi connectivity index (χ1n) is 7.02. The highest BCUT2D eigenvalue weighted by Crippen LogP contribution is 2.22. The van der Waals surface area contributed by atoms with Crippen LogP contribution in [0.3, 0.4) is 0 Å². The molecule has 1 heterocycles. The summed E-state index contributed by atoms with van der Waals surface area (Å²) in [5.74, 6) is 1.65. The van der Waals surface area contributed by atoms with Gasteiger partial charge in [-0.3, -0.25) is 0 Å². The SMILES string of the molecule is COCC(C)N(C)c1ncc(Br)cc1CNCC(C)C. The molecule has 4 nitrogen and oxygen atoms in total. The van der Waals surface area contributed by atoms with Gasteiger partial charge in [0, 0.05) is 36.9 Å². The van der Waals surface area contributed by atoms with Crippen LogP contribution in [0.2, 0.25) is 0 Å². The molecule has 114 valence electrons. The van der Waals surface area contributed by atoms with Crippen molar-refractivity contribution in [1.82, 2.24) is 10.3 Å². The fraction of sp³-hybridized carbons (Fsp3) is 0.667. The highest BCUT2D eigenvalue weighted by molar-refractivity contribution is 9.10. The Labute approximate surface area is 131 Å². The van der Waals surface area contributed by atoms with Gasteiger partial charge in [-0.25, -0.2) is 4.98 Å². The van der Waals surface area contributed by atoms with E-state index in [0.717, 1.165) is 23.4 Å². The van der Waals surface area contributed by atoms with Crippen LogP contribution in [-0.2, 0) is 11.3 Å². The molecule has 5 heteroatoms. The van der Waals surface area contributed by atoms with E-state index in [-0.39, 0.29) is 6.04 Å². The van der Waals surface area contributed by atoms with E-state index in [1.165, 1.54) is 5.56 Å². The summed E-state index contributed by atoms with van der Waals surface area (Å²) in [5, 5.41) is 3.48. The zero-order valence-corrected chi connectivity index (χ0v) is 14.7. The Morgan fingerprint density at radius 2 is 2.10 bits per heavy atom. The van der Waals surface area contributed by atoms with Crippen LogP contribution in [0.5, 0.6) is 0 Å². The van der Waals surface area contributed by atoms with Gasteiger partial charge in [0.15, 0.2) is 0 Å². The van der Waals surface area contributed by atoms with Crippen LogP contribution in [0.15, 0.2) is 16.7 Å². The van der Waals surface area contributed by atoms with Crippen molar-refractivity contribution in [1.29, 1.82) is 0 Å². The Morgan fingerprint density at radius 3 is 2.70 bits per heavy atom. The molecule has 1 atom stereocenters. The second-order valence-electron chi connectivity index (χ2n) is 5.58.